The Morgan fingerprint density at radius 2 is 1.95 bits per heavy atom. The molecule has 1 heterocycles. The van der Waals surface area contributed by atoms with Crippen LogP contribution in [0.4, 0.5) is 10.5 Å². The smallest absolute Gasteiger partial charge is 0.282 e. The molecule has 0 saturated carbocycles. The predicted octanol–water partition coefficient (Wildman–Crippen LogP) is 2.72. The van der Waals surface area contributed by atoms with Crippen molar-refractivity contribution >= 4 is 28.6 Å². The Balaban J connectivity index is 2.05. The number of carbonyl (C=O) groups excluding carboxylic acids is 2. The molecule has 1 aliphatic heterocycles. The number of nitrogens with one attached hydrogen (secondary N) is 1. The summed E-state index contributed by atoms with van der Waals surface area (Å²) in [5.74, 6) is 0.639. The molecule has 5 heteroatoms. The van der Waals surface area contributed by atoms with Gasteiger partial charge in [0.15, 0.2) is 0 Å². The second kappa shape index (κ2) is 5.65. The van der Waals surface area contributed by atoms with Crippen LogP contribution >= 0.6 is 11.8 Å². The number of aryl methyl sites for hydroxylation is 3. The van der Waals surface area contributed by atoms with E-state index in [0.29, 0.717) is 6.54 Å². The number of amides is 2. The average Bonchev–Trinajstić information content (AvgIpc) is 2.69. The fourth-order valence-corrected chi connectivity index (χ4v) is 3.12. The van der Waals surface area contributed by atoms with Crippen LogP contribution in [0.25, 0.3) is 0 Å². The molecule has 19 heavy (non-hydrogen) atoms. The SMILES string of the molecule is Cc1cc(C)c(NC(=O)CN2CCSC2=O)c(C)c1. The minimum absolute atomic E-state index is 0.00694. The molecule has 102 valence electrons. The largest absolute Gasteiger partial charge is 0.324 e. The molecule has 0 radical (unpaired) electrons. The fourth-order valence-electron chi connectivity index (χ4n) is 2.30. The Hall–Kier alpha value is -1.49. The highest BCUT2D eigenvalue weighted by Crippen LogP contribution is 2.22. The molecule has 1 N–H and O–H groups in total. The Kier molecular flexibility index (Phi) is 4.14. The van der Waals surface area contributed by atoms with Gasteiger partial charge in [-0.1, -0.05) is 29.5 Å². The molecular formula is C14H18N2O2S. The van der Waals surface area contributed by atoms with Gasteiger partial charge in [-0.15, -0.1) is 0 Å². The lowest BCUT2D eigenvalue weighted by molar-refractivity contribution is -0.116. The maximum absolute atomic E-state index is 12.0. The molecule has 1 aromatic carbocycles. The van der Waals surface area contributed by atoms with Crippen LogP contribution in [-0.2, 0) is 4.79 Å². The Bertz CT molecular complexity index is 505. The summed E-state index contributed by atoms with van der Waals surface area (Å²) in [5.41, 5.74) is 4.13. The summed E-state index contributed by atoms with van der Waals surface area (Å²) < 4.78 is 0. The molecule has 2 amide bonds. The van der Waals surface area contributed by atoms with Gasteiger partial charge in [-0.2, -0.15) is 0 Å². The summed E-state index contributed by atoms with van der Waals surface area (Å²) in [7, 11) is 0. The van der Waals surface area contributed by atoms with E-state index in [0.717, 1.165) is 22.6 Å². The predicted molar refractivity (Wildman–Crippen MR) is 78.7 cm³/mol. The zero-order valence-electron chi connectivity index (χ0n) is 11.4. The van der Waals surface area contributed by atoms with Crippen LogP contribution in [0, 0.1) is 20.8 Å². The minimum atomic E-state index is -0.133. The standard InChI is InChI=1S/C14H18N2O2S/c1-9-6-10(2)13(11(3)7-9)15-12(17)8-16-4-5-19-14(16)18/h6-7H,4-5,8H2,1-3H3,(H,15,17). The minimum Gasteiger partial charge on any atom is -0.324 e. The summed E-state index contributed by atoms with van der Waals surface area (Å²) in [6.07, 6.45) is 0. The van der Waals surface area contributed by atoms with Crippen molar-refractivity contribution in [2.45, 2.75) is 20.8 Å². The third-order valence-electron chi connectivity index (χ3n) is 3.12. The lowest BCUT2D eigenvalue weighted by atomic mass is 10.1. The normalized spacial score (nSPS) is 14.9. The van der Waals surface area contributed by atoms with Crippen molar-refractivity contribution in [3.63, 3.8) is 0 Å². The summed E-state index contributed by atoms with van der Waals surface area (Å²) in [5, 5.41) is 2.90. The molecule has 2 rings (SSSR count). The monoisotopic (exact) mass is 278 g/mol. The number of benzene rings is 1. The quantitative estimate of drug-likeness (QED) is 0.925. The first-order chi connectivity index (χ1) is 8.97. The van der Waals surface area contributed by atoms with Gasteiger partial charge < -0.3 is 10.2 Å². The van der Waals surface area contributed by atoms with E-state index in [-0.39, 0.29) is 17.7 Å². The van der Waals surface area contributed by atoms with Gasteiger partial charge in [-0.25, -0.2) is 0 Å². The lowest BCUT2D eigenvalue weighted by Crippen LogP contribution is -2.33. The molecule has 0 aliphatic carbocycles. The number of thioether (sulfide) groups is 1. The molecule has 0 unspecified atom stereocenters. The van der Waals surface area contributed by atoms with E-state index in [9.17, 15) is 9.59 Å². The third kappa shape index (κ3) is 3.29. The molecule has 1 fully saturated rings. The van der Waals surface area contributed by atoms with Gasteiger partial charge in [0.1, 0.15) is 6.54 Å². The van der Waals surface area contributed by atoms with Crippen molar-refractivity contribution < 1.29 is 9.59 Å². The number of rotatable bonds is 3. The third-order valence-corrected chi connectivity index (χ3v) is 4.01. The summed E-state index contributed by atoms with van der Waals surface area (Å²) >= 11 is 1.27. The molecule has 0 spiro atoms. The molecule has 1 aromatic rings. The summed E-state index contributed by atoms with van der Waals surface area (Å²) in [6, 6.07) is 4.08. The highest BCUT2D eigenvalue weighted by Gasteiger charge is 2.23. The number of hydrogen-bond acceptors (Lipinski definition) is 3. The fraction of sp³-hybridized carbons (Fsp3) is 0.429. The molecule has 0 bridgehead atoms. The maximum atomic E-state index is 12.0. The van der Waals surface area contributed by atoms with Crippen LogP contribution in [0.3, 0.4) is 0 Å². The van der Waals surface area contributed by atoms with E-state index in [4.69, 9.17) is 0 Å². The molecule has 0 aromatic heterocycles. The van der Waals surface area contributed by atoms with Crippen LogP contribution in [-0.4, -0.2) is 34.9 Å². The van der Waals surface area contributed by atoms with Gasteiger partial charge in [-0.3, -0.25) is 9.59 Å². The van der Waals surface area contributed by atoms with E-state index in [1.807, 2.05) is 32.9 Å². The van der Waals surface area contributed by atoms with E-state index < -0.39 is 0 Å². The van der Waals surface area contributed by atoms with Crippen molar-refractivity contribution in [2.75, 3.05) is 24.2 Å². The van der Waals surface area contributed by atoms with E-state index >= 15 is 0 Å². The van der Waals surface area contributed by atoms with E-state index in [1.165, 1.54) is 17.3 Å². The average molecular weight is 278 g/mol. The Morgan fingerprint density at radius 3 is 2.47 bits per heavy atom. The molecule has 1 saturated heterocycles. The van der Waals surface area contributed by atoms with Crippen LogP contribution in [0.1, 0.15) is 16.7 Å². The lowest BCUT2D eigenvalue weighted by Gasteiger charge is -2.16. The first-order valence-electron chi connectivity index (χ1n) is 6.27. The maximum Gasteiger partial charge on any atom is 0.282 e. The Morgan fingerprint density at radius 1 is 1.32 bits per heavy atom. The van der Waals surface area contributed by atoms with Gasteiger partial charge in [-0.05, 0) is 31.9 Å². The van der Waals surface area contributed by atoms with Crippen LogP contribution in [0.15, 0.2) is 12.1 Å². The van der Waals surface area contributed by atoms with Crippen molar-refractivity contribution in [1.82, 2.24) is 4.90 Å². The van der Waals surface area contributed by atoms with Gasteiger partial charge >= 0.3 is 0 Å². The van der Waals surface area contributed by atoms with Crippen LogP contribution < -0.4 is 5.32 Å². The number of anilines is 1. The van der Waals surface area contributed by atoms with Crippen molar-refractivity contribution in [2.24, 2.45) is 0 Å². The second-order valence-electron chi connectivity index (χ2n) is 4.86. The zero-order valence-corrected chi connectivity index (χ0v) is 12.3. The Labute approximate surface area is 117 Å². The zero-order chi connectivity index (χ0) is 14.0. The summed E-state index contributed by atoms with van der Waals surface area (Å²) in [6.45, 7) is 6.78. The molecule has 1 aliphatic rings. The van der Waals surface area contributed by atoms with E-state index in [2.05, 4.69) is 5.32 Å². The van der Waals surface area contributed by atoms with Crippen molar-refractivity contribution in [3.05, 3.63) is 28.8 Å². The number of nitrogens with zero attached hydrogens (tertiary/aromatic N) is 1. The van der Waals surface area contributed by atoms with Gasteiger partial charge in [0.2, 0.25) is 5.91 Å². The number of carbonyl (C=O) groups is 2. The highest BCUT2D eigenvalue weighted by molar-refractivity contribution is 8.13. The number of hydrogen-bond donors (Lipinski definition) is 1. The van der Waals surface area contributed by atoms with Crippen molar-refractivity contribution in [1.29, 1.82) is 0 Å². The first kappa shape index (κ1) is 13.9. The van der Waals surface area contributed by atoms with Crippen molar-refractivity contribution in [3.8, 4) is 0 Å². The molecule has 4 nitrogen and oxygen atoms in total. The van der Waals surface area contributed by atoms with Crippen LogP contribution in [0.2, 0.25) is 0 Å². The summed E-state index contributed by atoms with van der Waals surface area (Å²) in [4.78, 5) is 25.0. The van der Waals surface area contributed by atoms with Gasteiger partial charge in [0.05, 0.1) is 0 Å². The van der Waals surface area contributed by atoms with Crippen LogP contribution in [0.5, 0.6) is 0 Å². The topological polar surface area (TPSA) is 49.4 Å². The molecular weight excluding hydrogens is 260 g/mol. The highest BCUT2D eigenvalue weighted by atomic mass is 32.2. The second-order valence-corrected chi connectivity index (χ2v) is 5.90. The van der Waals surface area contributed by atoms with Gasteiger partial charge in [0.25, 0.3) is 5.24 Å². The first-order valence-corrected chi connectivity index (χ1v) is 7.25. The van der Waals surface area contributed by atoms with E-state index in [1.54, 1.807) is 4.90 Å². The van der Waals surface area contributed by atoms with Gasteiger partial charge in [0, 0.05) is 18.0 Å². The molecule has 0 atom stereocenters.